The topological polar surface area (TPSA) is 55.1 Å². The van der Waals surface area contributed by atoms with Crippen molar-refractivity contribution in [1.29, 1.82) is 0 Å². The Morgan fingerprint density at radius 2 is 1.46 bits per heavy atom. The molecule has 1 amide bonds. The lowest BCUT2D eigenvalue weighted by Gasteiger charge is -2.22. The standard InChI is InChI=1S/C12H16F3NOP2.C8H16.C7H15N.C6H6/c1-11(13,14)9-4-8(2-3-16-7-17)5-10(6-9)12(15,18)19;1-3-5-8-6-7(8)4-2;1-6-2-4-7(8)5-3-6;1-2-4-6-5-3-1/h4-7H,2-3,18-19H2,1H3,(H,16,17);7-8H,3-6H2,1-2H3;6-7H,2-5,8H2,1H3;1-6H. The summed E-state index contributed by atoms with van der Waals surface area (Å²) >= 11 is 0. The molecule has 0 aliphatic heterocycles. The lowest BCUT2D eigenvalue weighted by molar-refractivity contribution is -0.109. The number of alkyl halides is 3. The van der Waals surface area contributed by atoms with Crippen LogP contribution < -0.4 is 11.1 Å². The van der Waals surface area contributed by atoms with Crippen LogP contribution in [0.4, 0.5) is 13.2 Å². The van der Waals surface area contributed by atoms with Crippen molar-refractivity contribution >= 4 is 24.9 Å². The first-order valence-electron chi connectivity index (χ1n) is 15.0. The molecule has 4 unspecified atom stereocenters. The van der Waals surface area contributed by atoms with E-state index in [2.05, 4.69) is 26.1 Å². The fourth-order valence-corrected chi connectivity index (χ4v) is 5.13. The SMILES string of the molecule is CC(F)(F)c1cc(CCNC=O)cc(C(F)(P)P)c1.CC1CCC(N)CC1.CCCC1CC1CC.c1ccccc1. The Morgan fingerprint density at radius 3 is 1.85 bits per heavy atom. The van der Waals surface area contributed by atoms with Gasteiger partial charge in [-0.25, -0.2) is 13.2 Å². The van der Waals surface area contributed by atoms with Gasteiger partial charge in [-0.05, 0) is 79.5 Å². The summed E-state index contributed by atoms with van der Waals surface area (Å²) in [7, 11) is 3.91. The van der Waals surface area contributed by atoms with Gasteiger partial charge in [0, 0.05) is 25.1 Å². The monoisotopic (exact) mass is 612 g/mol. The maximum atomic E-state index is 13.9. The molecule has 4 atom stereocenters. The van der Waals surface area contributed by atoms with Gasteiger partial charge in [-0.15, -0.1) is 0 Å². The minimum atomic E-state index is -3.04. The van der Waals surface area contributed by atoms with E-state index in [-0.39, 0.29) is 11.1 Å². The van der Waals surface area contributed by atoms with E-state index in [9.17, 15) is 18.0 Å². The molecule has 2 fully saturated rings. The first-order chi connectivity index (χ1) is 19.3. The molecular weight excluding hydrogens is 559 g/mol. The minimum absolute atomic E-state index is 0.141. The van der Waals surface area contributed by atoms with E-state index in [4.69, 9.17) is 5.73 Å². The van der Waals surface area contributed by atoms with Crippen LogP contribution in [0, 0.1) is 17.8 Å². The van der Waals surface area contributed by atoms with Crippen LogP contribution in [0.3, 0.4) is 0 Å². The van der Waals surface area contributed by atoms with Gasteiger partial charge in [0.1, 0.15) is 0 Å². The normalized spacial score (nSPS) is 21.5. The van der Waals surface area contributed by atoms with Gasteiger partial charge in [-0.2, -0.15) is 0 Å². The largest absolute Gasteiger partial charge is 0.358 e. The van der Waals surface area contributed by atoms with Gasteiger partial charge in [-0.1, -0.05) is 101 Å². The molecular formula is C33H53F3N2OP2. The molecule has 2 aromatic rings. The fraction of sp³-hybridized carbons (Fsp3) is 0.606. The zero-order chi connectivity index (χ0) is 30.9. The van der Waals surface area contributed by atoms with Crippen LogP contribution in [-0.2, 0) is 22.3 Å². The zero-order valence-electron chi connectivity index (χ0n) is 25.4. The summed E-state index contributed by atoms with van der Waals surface area (Å²) in [6, 6.07) is 16.5. The lowest BCUT2D eigenvalue weighted by atomic mass is 9.88. The van der Waals surface area contributed by atoms with E-state index in [0.29, 0.717) is 31.0 Å². The van der Waals surface area contributed by atoms with Crippen molar-refractivity contribution in [3.63, 3.8) is 0 Å². The Bertz CT molecular complexity index is 890. The fourth-order valence-electron chi connectivity index (χ4n) is 4.79. The lowest BCUT2D eigenvalue weighted by Crippen LogP contribution is -2.25. The second kappa shape index (κ2) is 19.7. The third-order valence-electron chi connectivity index (χ3n) is 7.56. The van der Waals surface area contributed by atoms with Crippen molar-refractivity contribution < 1.29 is 18.0 Å². The summed E-state index contributed by atoms with van der Waals surface area (Å²) in [6.07, 6.45) is 11.9. The van der Waals surface area contributed by atoms with E-state index in [1.807, 2.05) is 54.9 Å². The smallest absolute Gasteiger partial charge is 0.270 e. The van der Waals surface area contributed by atoms with Crippen molar-refractivity contribution in [3.8, 4) is 0 Å². The predicted molar refractivity (Wildman–Crippen MR) is 175 cm³/mol. The molecule has 2 saturated carbocycles. The van der Waals surface area contributed by atoms with Crippen molar-refractivity contribution in [3.05, 3.63) is 71.3 Å². The first-order valence-corrected chi connectivity index (χ1v) is 16.2. The van der Waals surface area contributed by atoms with Crippen LogP contribution in [0.25, 0.3) is 0 Å². The van der Waals surface area contributed by atoms with Crippen LogP contribution in [0.1, 0.15) is 95.8 Å². The Balaban J connectivity index is 0.000000312. The number of benzene rings is 2. The van der Waals surface area contributed by atoms with Crippen LogP contribution in [0.2, 0.25) is 0 Å². The number of carbonyl (C=O) groups excluding carboxylic acids is 1. The molecule has 232 valence electrons. The number of amides is 1. The number of nitrogens with one attached hydrogen (secondary N) is 1. The number of hydrogen-bond donors (Lipinski definition) is 2. The van der Waals surface area contributed by atoms with Crippen molar-refractivity contribution in [2.75, 3.05) is 6.54 Å². The molecule has 8 heteroatoms. The van der Waals surface area contributed by atoms with E-state index >= 15 is 0 Å². The molecule has 0 spiro atoms. The Morgan fingerprint density at radius 1 is 0.927 bits per heavy atom. The molecule has 0 radical (unpaired) electrons. The molecule has 2 aliphatic carbocycles. The number of rotatable bonds is 9. The van der Waals surface area contributed by atoms with Gasteiger partial charge in [0.25, 0.3) is 5.92 Å². The molecule has 2 aromatic carbocycles. The van der Waals surface area contributed by atoms with Crippen LogP contribution in [-0.4, -0.2) is 19.0 Å². The maximum Gasteiger partial charge on any atom is 0.270 e. The summed E-state index contributed by atoms with van der Waals surface area (Å²) in [5.74, 6) is 0.151. The van der Waals surface area contributed by atoms with Gasteiger partial charge in [0.05, 0.1) is 0 Å². The van der Waals surface area contributed by atoms with Gasteiger partial charge >= 0.3 is 0 Å². The zero-order valence-corrected chi connectivity index (χ0v) is 27.7. The highest BCUT2D eigenvalue weighted by Gasteiger charge is 2.33. The van der Waals surface area contributed by atoms with Crippen LogP contribution in [0.5, 0.6) is 0 Å². The molecule has 3 N–H and O–H groups in total. The third kappa shape index (κ3) is 17.3. The average molecular weight is 613 g/mol. The molecule has 4 rings (SSSR count). The Hall–Kier alpha value is -1.48. The Kier molecular flexibility index (Phi) is 18.0. The summed E-state index contributed by atoms with van der Waals surface area (Å²) in [5.41, 5.74) is 6.15. The van der Waals surface area contributed by atoms with E-state index in [1.165, 1.54) is 63.5 Å². The van der Waals surface area contributed by atoms with Gasteiger partial charge < -0.3 is 11.1 Å². The summed E-state index contributed by atoms with van der Waals surface area (Å²) < 4.78 is 40.6. The molecule has 3 nitrogen and oxygen atoms in total. The van der Waals surface area contributed by atoms with Gasteiger partial charge in [0.2, 0.25) is 6.41 Å². The number of nitrogens with two attached hydrogens (primary N) is 1. The van der Waals surface area contributed by atoms with E-state index in [0.717, 1.165) is 30.7 Å². The maximum absolute atomic E-state index is 13.9. The van der Waals surface area contributed by atoms with Crippen molar-refractivity contribution in [2.24, 2.45) is 23.5 Å². The third-order valence-corrected chi connectivity index (χ3v) is 8.23. The first kappa shape index (κ1) is 37.5. The van der Waals surface area contributed by atoms with Crippen LogP contribution in [0.15, 0.2) is 54.6 Å². The second-order valence-corrected chi connectivity index (χ2v) is 13.9. The number of halogens is 3. The molecule has 2 aliphatic rings. The number of carbonyl (C=O) groups is 1. The van der Waals surface area contributed by atoms with Gasteiger partial charge in [-0.3, -0.25) is 4.79 Å². The molecule has 0 aromatic heterocycles. The minimum Gasteiger partial charge on any atom is -0.358 e. The molecule has 0 heterocycles. The van der Waals surface area contributed by atoms with Gasteiger partial charge in [0.15, 0.2) is 5.15 Å². The van der Waals surface area contributed by atoms with Crippen LogP contribution >= 0.6 is 18.5 Å². The highest BCUT2D eigenvalue weighted by molar-refractivity contribution is 7.38. The summed E-state index contributed by atoms with van der Waals surface area (Å²) in [5, 5.41) is 0.588. The number of hydrogen-bond acceptors (Lipinski definition) is 2. The molecule has 41 heavy (non-hydrogen) atoms. The average Bonchev–Trinajstić information content (AvgIpc) is 3.70. The highest BCUT2D eigenvalue weighted by Crippen LogP contribution is 2.44. The van der Waals surface area contributed by atoms with Crippen molar-refractivity contribution in [2.45, 2.75) is 103 Å². The Labute approximate surface area is 251 Å². The summed E-state index contributed by atoms with van der Waals surface area (Å²) in [4.78, 5) is 10.1. The van der Waals surface area contributed by atoms with E-state index in [1.54, 1.807) is 0 Å². The second-order valence-electron chi connectivity index (χ2n) is 11.5. The molecule has 0 bridgehead atoms. The highest BCUT2D eigenvalue weighted by atomic mass is 31.1. The van der Waals surface area contributed by atoms with E-state index < -0.39 is 11.1 Å². The summed E-state index contributed by atoms with van der Waals surface area (Å²) in [6.45, 7) is 7.98. The van der Waals surface area contributed by atoms with Crippen molar-refractivity contribution in [1.82, 2.24) is 5.32 Å². The quantitative estimate of drug-likeness (QED) is 0.169. The molecule has 0 saturated heterocycles. The predicted octanol–water partition coefficient (Wildman–Crippen LogP) is 8.96.